The molecule has 1 aromatic rings. The van der Waals surface area contributed by atoms with Crippen LogP contribution >= 0.6 is 0 Å². The van der Waals surface area contributed by atoms with Crippen LogP contribution in [0.15, 0.2) is 23.3 Å². The van der Waals surface area contributed by atoms with E-state index < -0.39 is 0 Å². The van der Waals surface area contributed by atoms with Crippen LogP contribution in [0.4, 0.5) is 5.69 Å². The lowest BCUT2D eigenvalue weighted by atomic mass is 10.1. The first-order chi connectivity index (χ1) is 10.9. The summed E-state index contributed by atoms with van der Waals surface area (Å²) in [5.41, 5.74) is 3.02. The minimum atomic E-state index is -0.233. The van der Waals surface area contributed by atoms with Gasteiger partial charge < -0.3 is 4.90 Å². The van der Waals surface area contributed by atoms with Gasteiger partial charge in [-0.3, -0.25) is 9.59 Å². The van der Waals surface area contributed by atoms with Crippen LogP contribution < -0.4 is 5.01 Å². The highest BCUT2D eigenvalue weighted by Crippen LogP contribution is 2.25. The van der Waals surface area contributed by atoms with Crippen LogP contribution in [-0.4, -0.2) is 36.0 Å². The van der Waals surface area contributed by atoms with Gasteiger partial charge in [0.1, 0.15) is 5.71 Å². The molecule has 1 heterocycles. The highest BCUT2D eigenvalue weighted by atomic mass is 16.2. The van der Waals surface area contributed by atoms with Crippen LogP contribution in [0.3, 0.4) is 0 Å². The zero-order valence-electron chi connectivity index (χ0n) is 13.7. The number of anilines is 1. The molecule has 120 valence electrons. The van der Waals surface area contributed by atoms with Gasteiger partial charge in [-0.25, -0.2) is 5.01 Å². The van der Waals surface area contributed by atoms with Gasteiger partial charge in [-0.15, -0.1) is 0 Å². The van der Waals surface area contributed by atoms with Gasteiger partial charge in [0, 0.05) is 26.4 Å². The summed E-state index contributed by atoms with van der Waals surface area (Å²) in [5, 5.41) is 14.2. The fourth-order valence-corrected chi connectivity index (χ4v) is 2.38. The van der Waals surface area contributed by atoms with E-state index in [1.165, 1.54) is 9.91 Å². The maximum absolute atomic E-state index is 12.4. The molecule has 0 aliphatic carbocycles. The molecule has 0 N–H and O–H groups in total. The predicted molar refractivity (Wildman–Crippen MR) is 87.9 cm³/mol. The van der Waals surface area contributed by atoms with E-state index >= 15 is 0 Å². The van der Waals surface area contributed by atoms with E-state index in [1.54, 1.807) is 7.05 Å². The van der Waals surface area contributed by atoms with Gasteiger partial charge >= 0.3 is 0 Å². The fourth-order valence-electron chi connectivity index (χ4n) is 2.38. The quantitative estimate of drug-likeness (QED) is 0.854. The average Bonchev–Trinajstić information content (AvgIpc) is 2.54. The second-order valence-corrected chi connectivity index (χ2v) is 5.68. The van der Waals surface area contributed by atoms with E-state index in [0.29, 0.717) is 24.4 Å². The molecule has 0 saturated carbocycles. The molecule has 2 rings (SSSR count). The Morgan fingerprint density at radius 1 is 1.39 bits per heavy atom. The summed E-state index contributed by atoms with van der Waals surface area (Å²) in [5.74, 6) is -0.349. The van der Waals surface area contributed by atoms with E-state index in [2.05, 4.69) is 5.10 Å². The Morgan fingerprint density at radius 3 is 2.83 bits per heavy atom. The Kier molecular flexibility index (Phi) is 5.12. The van der Waals surface area contributed by atoms with Gasteiger partial charge in [0.15, 0.2) is 0 Å². The number of hydrogen-bond donors (Lipinski definition) is 0. The van der Waals surface area contributed by atoms with Gasteiger partial charge in [-0.2, -0.15) is 10.4 Å². The molecule has 1 aliphatic heterocycles. The van der Waals surface area contributed by atoms with Crippen LogP contribution in [0.2, 0.25) is 0 Å². The largest absolute Gasteiger partial charge is 0.340 e. The number of hydrogen-bond acceptors (Lipinski definition) is 4. The van der Waals surface area contributed by atoms with Crippen molar-refractivity contribution in [3.05, 3.63) is 29.3 Å². The molecule has 0 radical (unpaired) electrons. The maximum atomic E-state index is 12.4. The van der Waals surface area contributed by atoms with E-state index in [0.717, 1.165) is 11.1 Å². The number of nitrogens with zero attached hydrogens (tertiary/aromatic N) is 4. The van der Waals surface area contributed by atoms with Gasteiger partial charge in [-0.05, 0) is 31.0 Å². The van der Waals surface area contributed by atoms with E-state index in [4.69, 9.17) is 5.26 Å². The normalized spacial score (nSPS) is 14.3. The third kappa shape index (κ3) is 3.75. The maximum Gasteiger partial charge on any atom is 0.269 e. The molecule has 23 heavy (non-hydrogen) atoms. The minimum absolute atomic E-state index is 0.116. The van der Waals surface area contributed by atoms with Crippen LogP contribution in [0.25, 0.3) is 0 Å². The first-order valence-electron chi connectivity index (χ1n) is 7.54. The first kappa shape index (κ1) is 16.7. The number of aryl methyl sites for hydroxylation is 2. The fraction of sp³-hybridized carbons (Fsp3) is 0.412. The van der Waals surface area contributed by atoms with Crippen molar-refractivity contribution >= 4 is 23.2 Å². The zero-order valence-corrected chi connectivity index (χ0v) is 13.7. The SMILES string of the molecule is Cc1ccc(C)c(N2N=C(C(=O)N(C)CCC#N)CCC2=O)c1. The zero-order chi connectivity index (χ0) is 17.0. The van der Waals surface area contributed by atoms with Crippen molar-refractivity contribution in [2.45, 2.75) is 33.1 Å². The summed E-state index contributed by atoms with van der Waals surface area (Å²) in [6.45, 7) is 4.21. The number of carbonyl (C=O) groups is 2. The van der Waals surface area contributed by atoms with Gasteiger partial charge in [0.25, 0.3) is 5.91 Å². The molecule has 0 spiro atoms. The van der Waals surface area contributed by atoms with E-state index in [-0.39, 0.29) is 24.7 Å². The summed E-state index contributed by atoms with van der Waals surface area (Å²) in [6, 6.07) is 7.81. The highest BCUT2D eigenvalue weighted by Gasteiger charge is 2.27. The Balaban J connectivity index is 2.30. The Morgan fingerprint density at radius 2 is 2.13 bits per heavy atom. The molecule has 0 bridgehead atoms. The molecule has 0 unspecified atom stereocenters. The van der Waals surface area contributed by atoms with Crippen molar-refractivity contribution in [1.29, 1.82) is 5.26 Å². The molecule has 1 aromatic carbocycles. The monoisotopic (exact) mass is 312 g/mol. The standard InChI is InChI=1S/C17H20N4O2/c1-12-5-6-13(2)15(11-12)21-16(22)8-7-14(19-21)17(23)20(3)10-4-9-18/h5-6,11H,4,7-8,10H2,1-3H3. The number of nitriles is 1. The van der Waals surface area contributed by atoms with Crippen LogP contribution in [-0.2, 0) is 9.59 Å². The van der Waals surface area contributed by atoms with Crippen molar-refractivity contribution in [3.8, 4) is 6.07 Å². The summed E-state index contributed by atoms with van der Waals surface area (Å²) in [7, 11) is 1.64. The lowest BCUT2D eigenvalue weighted by molar-refractivity contribution is -0.123. The summed E-state index contributed by atoms with van der Waals surface area (Å²) in [4.78, 5) is 26.1. The number of carbonyl (C=O) groups excluding carboxylic acids is 2. The van der Waals surface area contributed by atoms with Gasteiger partial charge in [0.05, 0.1) is 18.2 Å². The molecule has 1 aliphatic rings. The molecule has 0 saturated heterocycles. The molecular formula is C17H20N4O2. The van der Waals surface area contributed by atoms with Crippen molar-refractivity contribution in [2.24, 2.45) is 5.10 Å². The molecule has 0 atom stereocenters. The van der Waals surface area contributed by atoms with Crippen LogP contribution in [0.1, 0.15) is 30.4 Å². The third-order valence-corrected chi connectivity index (χ3v) is 3.78. The Hall–Kier alpha value is -2.68. The molecule has 0 aromatic heterocycles. The summed E-state index contributed by atoms with van der Waals surface area (Å²) >= 11 is 0. The topological polar surface area (TPSA) is 76.8 Å². The van der Waals surface area contributed by atoms with Crippen LogP contribution in [0, 0.1) is 25.2 Å². The second kappa shape index (κ2) is 7.05. The molecule has 6 heteroatoms. The molecule has 6 nitrogen and oxygen atoms in total. The van der Waals surface area contributed by atoms with Crippen molar-refractivity contribution in [1.82, 2.24) is 4.90 Å². The number of amides is 2. The second-order valence-electron chi connectivity index (χ2n) is 5.68. The third-order valence-electron chi connectivity index (χ3n) is 3.78. The lowest BCUT2D eigenvalue weighted by Crippen LogP contribution is -2.40. The average molecular weight is 312 g/mol. The lowest BCUT2D eigenvalue weighted by Gasteiger charge is -2.26. The Bertz CT molecular complexity index is 703. The smallest absolute Gasteiger partial charge is 0.269 e. The summed E-state index contributed by atoms with van der Waals surface area (Å²) < 4.78 is 0. The van der Waals surface area contributed by atoms with Gasteiger partial charge in [0.2, 0.25) is 5.91 Å². The number of hydrazone groups is 1. The Labute approximate surface area is 136 Å². The van der Waals surface area contributed by atoms with E-state index in [9.17, 15) is 9.59 Å². The van der Waals surface area contributed by atoms with Crippen LogP contribution in [0.5, 0.6) is 0 Å². The summed E-state index contributed by atoms with van der Waals surface area (Å²) in [6.07, 6.45) is 0.856. The van der Waals surface area contributed by atoms with Crippen molar-refractivity contribution < 1.29 is 9.59 Å². The van der Waals surface area contributed by atoms with E-state index in [1.807, 2.05) is 38.1 Å². The van der Waals surface area contributed by atoms with Crippen molar-refractivity contribution in [2.75, 3.05) is 18.6 Å². The first-order valence-corrected chi connectivity index (χ1v) is 7.54. The molecule has 2 amide bonds. The molecule has 0 fully saturated rings. The number of benzene rings is 1. The predicted octanol–water partition coefficient (Wildman–Crippen LogP) is 2.16. The van der Waals surface area contributed by atoms with Gasteiger partial charge in [-0.1, -0.05) is 12.1 Å². The highest BCUT2D eigenvalue weighted by molar-refractivity contribution is 6.40. The number of rotatable bonds is 4. The van der Waals surface area contributed by atoms with Crippen molar-refractivity contribution in [3.63, 3.8) is 0 Å². The molecular weight excluding hydrogens is 292 g/mol. The minimum Gasteiger partial charge on any atom is -0.340 e.